The van der Waals surface area contributed by atoms with Gasteiger partial charge >= 0.3 is 0 Å². The third kappa shape index (κ3) is 3.64. The summed E-state index contributed by atoms with van der Waals surface area (Å²) < 4.78 is 0. The van der Waals surface area contributed by atoms with Crippen molar-refractivity contribution >= 4 is 11.8 Å². The van der Waals surface area contributed by atoms with Crippen molar-refractivity contribution in [2.75, 3.05) is 0 Å². The van der Waals surface area contributed by atoms with Crippen LogP contribution in [0.1, 0.15) is 51.6 Å². The number of nitrogens with zero attached hydrogens (tertiary/aromatic N) is 1. The molecule has 6 heteroatoms. The molecule has 0 unspecified atom stereocenters. The van der Waals surface area contributed by atoms with Gasteiger partial charge in [0.05, 0.1) is 12.1 Å². The predicted octanol–water partition coefficient (Wildman–Crippen LogP) is 1.73. The van der Waals surface area contributed by atoms with Crippen LogP contribution >= 0.6 is 0 Å². The molecule has 6 nitrogen and oxygen atoms in total. The molecule has 1 saturated carbocycles. The molecule has 0 bridgehead atoms. The van der Waals surface area contributed by atoms with Crippen LogP contribution in [0.3, 0.4) is 0 Å². The minimum atomic E-state index is -0.508. The largest absolute Gasteiger partial charge is 0.364 e. The van der Waals surface area contributed by atoms with Gasteiger partial charge in [-0.3, -0.25) is 14.7 Å². The number of hydrogen-bond donors (Lipinski definition) is 3. The molecular formula is C18H22N4O2. The number of nitrogens with one attached hydrogen (secondary N) is 2. The van der Waals surface area contributed by atoms with Crippen LogP contribution in [0, 0.1) is 13.8 Å². The fourth-order valence-electron chi connectivity index (χ4n) is 3.28. The summed E-state index contributed by atoms with van der Waals surface area (Å²) >= 11 is 0. The van der Waals surface area contributed by atoms with E-state index in [1.807, 2.05) is 26.0 Å². The van der Waals surface area contributed by atoms with Crippen molar-refractivity contribution in [2.45, 2.75) is 45.1 Å². The molecule has 0 spiro atoms. The zero-order valence-corrected chi connectivity index (χ0v) is 13.9. The molecule has 2 aromatic rings. The maximum Gasteiger partial charge on any atom is 0.266 e. The molecule has 1 heterocycles. The van der Waals surface area contributed by atoms with E-state index in [-0.39, 0.29) is 17.9 Å². The van der Waals surface area contributed by atoms with Gasteiger partial charge in [0, 0.05) is 12.0 Å². The van der Waals surface area contributed by atoms with Crippen LogP contribution in [0.25, 0.3) is 0 Å². The van der Waals surface area contributed by atoms with E-state index in [4.69, 9.17) is 5.73 Å². The summed E-state index contributed by atoms with van der Waals surface area (Å²) in [6.07, 6.45) is 2.07. The van der Waals surface area contributed by atoms with Crippen molar-refractivity contribution in [3.8, 4) is 0 Å². The van der Waals surface area contributed by atoms with Gasteiger partial charge in [0.2, 0.25) is 5.91 Å². The zero-order chi connectivity index (χ0) is 17.3. The molecule has 1 aliphatic carbocycles. The quantitative estimate of drug-likeness (QED) is 0.780. The van der Waals surface area contributed by atoms with Crippen molar-refractivity contribution in [3.63, 3.8) is 0 Å². The van der Waals surface area contributed by atoms with E-state index in [1.165, 1.54) is 11.1 Å². The van der Waals surface area contributed by atoms with Gasteiger partial charge in [-0.25, -0.2) is 0 Å². The number of primary amides is 1. The second-order valence-electron chi connectivity index (χ2n) is 6.68. The second kappa shape index (κ2) is 6.47. The van der Waals surface area contributed by atoms with Gasteiger partial charge in [-0.05, 0) is 38.3 Å². The number of aryl methyl sites for hydroxylation is 2. The molecule has 0 aliphatic heterocycles. The number of carbonyl (C=O) groups is 2. The molecule has 3 rings (SSSR count). The fourth-order valence-corrected chi connectivity index (χ4v) is 3.28. The number of amides is 2. The van der Waals surface area contributed by atoms with Crippen molar-refractivity contribution in [1.82, 2.24) is 15.5 Å². The Bertz CT molecular complexity index is 755. The van der Waals surface area contributed by atoms with Gasteiger partial charge in [-0.2, -0.15) is 5.10 Å². The van der Waals surface area contributed by atoms with Crippen LogP contribution in [0.2, 0.25) is 0 Å². The number of H-pyrrole nitrogens is 1. The highest BCUT2D eigenvalue weighted by atomic mass is 16.2. The van der Waals surface area contributed by atoms with Gasteiger partial charge in [0.25, 0.3) is 5.91 Å². The van der Waals surface area contributed by atoms with E-state index in [2.05, 4.69) is 21.6 Å². The monoisotopic (exact) mass is 326 g/mol. The molecule has 1 aromatic heterocycles. The minimum absolute atomic E-state index is 0.0447. The molecule has 24 heavy (non-hydrogen) atoms. The highest BCUT2D eigenvalue weighted by Gasteiger charge is 2.33. The molecule has 0 radical (unpaired) electrons. The molecule has 2 amide bonds. The first-order chi connectivity index (χ1) is 11.4. The van der Waals surface area contributed by atoms with Crippen molar-refractivity contribution in [1.29, 1.82) is 0 Å². The van der Waals surface area contributed by atoms with Gasteiger partial charge in [-0.1, -0.05) is 29.3 Å². The highest BCUT2D eigenvalue weighted by Crippen LogP contribution is 2.36. The lowest BCUT2D eigenvalue weighted by Gasteiger charge is -2.34. The summed E-state index contributed by atoms with van der Waals surface area (Å²) in [5.41, 5.74) is 9.75. The fraction of sp³-hybridized carbons (Fsp3) is 0.389. The van der Waals surface area contributed by atoms with E-state index in [0.717, 1.165) is 24.1 Å². The third-order valence-electron chi connectivity index (χ3n) is 4.43. The Hall–Kier alpha value is -2.63. The number of carbonyl (C=O) groups excluding carboxylic acids is 2. The first kappa shape index (κ1) is 16.2. The number of hydrogen-bond acceptors (Lipinski definition) is 3. The summed E-state index contributed by atoms with van der Waals surface area (Å²) in [7, 11) is 0. The van der Waals surface area contributed by atoms with E-state index in [0.29, 0.717) is 12.1 Å². The predicted molar refractivity (Wildman–Crippen MR) is 90.6 cm³/mol. The SMILES string of the molecule is Cc1cc(C)cc(CC(=O)N[C@H]2C[C@@H](c3cc(C(N)=O)[nH]n3)C2)c1. The lowest BCUT2D eigenvalue weighted by molar-refractivity contribution is -0.121. The van der Waals surface area contributed by atoms with Crippen LogP contribution in [0.4, 0.5) is 0 Å². The van der Waals surface area contributed by atoms with Crippen LogP contribution < -0.4 is 11.1 Å². The Labute approximate surface area is 140 Å². The van der Waals surface area contributed by atoms with E-state index in [9.17, 15) is 9.59 Å². The molecule has 1 fully saturated rings. The Kier molecular flexibility index (Phi) is 4.38. The van der Waals surface area contributed by atoms with Gasteiger partial charge < -0.3 is 11.1 Å². The summed E-state index contributed by atoms with van der Waals surface area (Å²) in [4.78, 5) is 23.2. The molecule has 4 N–H and O–H groups in total. The summed E-state index contributed by atoms with van der Waals surface area (Å²) in [6, 6.07) is 8.06. The smallest absolute Gasteiger partial charge is 0.266 e. The number of nitrogens with two attached hydrogens (primary N) is 1. The molecule has 1 aliphatic rings. The molecule has 0 atom stereocenters. The molecular weight excluding hydrogens is 304 g/mol. The molecule has 0 saturated heterocycles. The molecule has 126 valence electrons. The van der Waals surface area contributed by atoms with Crippen molar-refractivity contribution in [2.24, 2.45) is 5.73 Å². The number of rotatable bonds is 5. The van der Waals surface area contributed by atoms with E-state index in [1.54, 1.807) is 6.07 Å². The van der Waals surface area contributed by atoms with E-state index >= 15 is 0 Å². The molecule has 1 aromatic carbocycles. The topological polar surface area (TPSA) is 101 Å². The normalized spacial score (nSPS) is 19.6. The maximum atomic E-state index is 12.2. The van der Waals surface area contributed by atoms with Crippen molar-refractivity contribution in [3.05, 3.63) is 52.3 Å². The Balaban J connectivity index is 1.49. The number of aromatic nitrogens is 2. The summed E-state index contributed by atoms with van der Waals surface area (Å²) in [6.45, 7) is 4.07. The average Bonchev–Trinajstić information content (AvgIpc) is 2.90. The van der Waals surface area contributed by atoms with Crippen molar-refractivity contribution < 1.29 is 9.59 Å². The standard InChI is InChI=1S/C18H22N4O2/c1-10-3-11(2)5-12(4-10)6-17(23)20-14-7-13(8-14)15-9-16(18(19)24)22-21-15/h3-5,9,13-14H,6-8H2,1-2H3,(H2,19,24)(H,20,23)(H,21,22)/t13-,14+. The maximum absolute atomic E-state index is 12.2. The van der Waals surface area contributed by atoms with Gasteiger partial charge in [0.15, 0.2) is 0 Å². The average molecular weight is 326 g/mol. The van der Waals surface area contributed by atoms with Gasteiger partial charge in [0.1, 0.15) is 5.69 Å². The summed E-state index contributed by atoms with van der Waals surface area (Å²) in [5, 5.41) is 9.83. The van der Waals surface area contributed by atoms with Crippen LogP contribution in [-0.2, 0) is 11.2 Å². The van der Waals surface area contributed by atoms with Crippen LogP contribution in [0.5, 0.6) is 0 Å². The van der Waals surface area contributed by atoms with Crippen LogP contribution in [-0.4, -0.2) is 28.1 Å². The Morgan fingerprint density at radius 3 is 2.46 bits per heavy atom. The first-order valence-electron chi connectivity index (χ1n) is 8.12. The van der Waals surface area contributed by atoms with E-state index < -0.39 is 5.91 Å². The number of aromatic amines is 1. The summed E-state index contributed by atoms with van der Waals surface area (Å²) in [5.74, 6) is -0.199. The minimum Gasteiger partial charge on any atom is -0.364 e. The number of benzene rings is 1. The zero-order valence-electron chi connectivity index (χ0n) is 13.9. The second-order valence-corrected chi connectivity index (χ2v) is 6.68. The Morgan fingerprint density at radius 1 is 1.21 bits per heavy atom. The Morgan fingerprint density at radius 2 is 1.88 bits per heavy atom. The third-order valence-corrected chi connectivity index (χ3v) is 4.43. The van der Waals surface area contributed by atoms with Crippen LogP contribution in [0.15, 0.2) is 24.3 Å². The first-order valence-corrected chi connectivity index (χ1v) is 8.12. The lowest BCUT2D eigenvalue weighted by atomic mass is 9.78. The highest BCUT2D eigenvalue weighted by molar-refractivity contribution is 5.90. The lowest BCUT2D eigenvalue weighted by Crippen LogP contribution is -2.44. The van der Waals surface area contributed by atoms with Gasteiger partial charge in [-0.15, -0.1) is 0 Å².